The van der Waals surface area contributed by atoms with E-state index in [1.54, 1.807) is 0 Å². The molecule has 2 rings (SSSR count). The third kappa shape index (κ3) is 28.5. The first-order valence-electron chi connectivity index (χ1n) is 23.5. The molecule has 2 N–H and O–H groups in total. The summed E-state index contributed by atoms with van der Waals surface area (Å²) in [4.78, 5) is 0. The van der Waals surface area contributed by atoms with Crippen LogP contribution in [0, 0.1) is 0 Å². The Labute approximate surface area is 325 Å². The van der Waals surface area contributed by atoms with Gasteiger partial charge in [-0.25, -0.2) is 0 Å². The van der Waals surface area contributed by atoms with Crippen LogP contribution in [-0.4, -0.2) is 13.1 Å². The topological polar surface area (TPSA) is 24.1 Å². The molecule has 0 aromatic heterocycles. The van der Waals surface area contributed by atoms with Crippen LogP contribution >= 0.6 is 0 Å². The first-order chi connectivity index (χ1) is 25.8. The molecule has 52 heavy (non-hydrogen) atoms. The smallest absolute Gasteiger partial charge is 0.0340 e. The predicted molar refractivity (Wildman–Crippen MR) is 236 cm³/mol. The number of unbranched alkanes of at least 4 members (excludes halogenated alkanes) is 29. The van der Waals surface area contributed by atoms with Crippen LogP contribution in [0.5, 0.6) is 0 Å². The standard InChI is InChI=1S/C50H88N2/c1-3-5-7-9-11-13-15-17-19-21-23-25-27-31-35-47-37-41-49(42-38-47)51-45-33-29-30-34-46-52-50-43-39-48(40-44-50)36-32-28-26-24-22-20-18-16-14-12-10-8-6-4-2/h37-44,51-52H,3-36,45-46H2,1-2H3. The maximum Gasteiger partial charge on any atom is 0.0340 e. The highest BCUT2D eigenvalue weighted by molar-refractivity contribution is 5.45. The fraction of sp³-hybridized carbons (Fsp3) is 0.760. The number of nitrogens with one attached hydrogen (secondary N) is 2. The Morgan fingerprint density at radius 2 is 0.500 bits per heavy atom. The van der Waals surface area contributed by atoms with Crippen LogP contribution in [-0.2, 0) is 12.8 Å². The molecular formula is C50H88N2. The first kappa shape index (κ1) is 46.2. The molecule has 2 aromatic rings. The van der Waals surface area contributed by atoms with E-state index in [9.17, 15) is 0 Å². The number of rotatable bonds is 39. The van der Waals surface area contributed by atoms with Gasteiger partial charge in [0.05, 0.1) is 0 Å². The second kappa shape index (κ2) is 36.0. The molecule has 0 amide bonds. The van der Waals surface area contributed by atoms with Gasteiger partial charge in [-0.2, -0.15) is 0 Å². The highest BCUT2D eigenvalue weighted by atomic mass is 14.9. The molecule has 0 bridgehead atoms. The summed E-state index contributed by atoms with van der Waals surface area (Å²) in [7, 11) is 0. The van der Waals surface area contributed by atoms with E-state index in [0.717, 1.165) is 13.1 Å². The van der Waals surface area contributed by atoms with Crippen LogP contribution in [0.1, 0.15) is 230 Å². The molecule has 2 heteroatoms. The van der Waals surface area contributed by atoms with Crippen molar-refractivity contribution in [1.82, 2.24) is 0 Å². The Morgan fingerprint density at radius 3 is 0.769 bits per heavy atom. The number of hydrogen-bond donors (Lipinski definition) is 2. The van der Waals surface area contributed by atoms with Crippen LogP contribution in [0.25, 0.3) is 0 Å². The summed E-state index contributed by atoms with van der Waals surface area (Å²) in [6, 6.07) is 18.5. The van der Waals surface area contributed by atoms with E-state index >= 15 is 0 Å². The van der Waals surface area contributed by atoms with E-state index < -0.39 is 0 Å². The minimum atomic E-state index is 1.08. The zero-order chi connectivity index (χ0) is 36.8. The van der Waals surface area contributed by atoms with Gasteiger partial charge in [0.15, 0.2) is 0 Å². The molecular weight excluding hydrogens is 629 g/mol. The molecule has 0 unspecified atom stereocenters. The van der Waals surface area contributed by atoms with Gasteiger partial charge in [0.1, 0.15) is 0 Å². The molecule has 2 aromatic carbocycles. The summed E-state index contributed by atoms with van der Waals surface area (Å²) >= 11 is 0. The minimum absolute atomic E-state index is 1.08. The van der Waals surface area contributed by atoms with Crippen molar-refractivity contribution in [2.24, 2.45) is 0 Å². The van der Waals surface area contributed by atoms with Crippen molar-refractivity contribution >= 4 is 11.4 Å². The first-order valence-corrected chi connectivity index (χ1v) is 23.5. The average Bonchev–Trinajstić information content (AvgIpc) is 3.17. The zero-order valence-electron chi connectivity index (χ0n) is 35.1. The summed E-state index contributed by atoms with van der Waals surface area (Å²) in [6.07, 6.45) is 47.6. The van der Waals surface area contributed by atoms with Gasteiger partial charge in [-0.05, 0) is 73.9 Å². The van der Waals surface area contributed by atoms with E-state index in [4.69, 9.17) is 0 Å². The lowest BCUT2D eigenvalue weighted by atomic mass is 10.0. The van der Waals surface area contributed by atoms with Crippen molar-refractivity contribution in [2.45, 2.75) is 232 Å². The van der Waals surface area contributed by atoms with E-state index in [-0.39, 0.29) is 0 Å². The number of benzene rings is 2. The van der Waals surface area contributed by atoms with Crippen molar-refractivity contribution in [1.29, 1.82) is 0 Å². The van der Waals surface area contributed by atoms with Gasteiger partial charge in [0, 0.05) is 24.5 Å². The predicted octanol–water partition coefficient (Wildman–Crippen LogP) is 16.8. The average molecular weight is 717 g/mol. The highest BCUT2D eigenvalue weighted by Crippen LogP contribution is 2.18. The van der Waals surface area contributed by atoms with Gasteiger partial charge in [-0.15, -0.1) is 0 Å². The Morgan fingerprint density at radius 1 is 0.269 bits per heavy atom. The molecule has 0 aliphatic carbocycles. The lowest BCUT2D eigenvalue weighted by molar-refractivity contribution is 0.535. The van der Waals surface area contributed by atoms with E-state index in [2.05, 4.69) is 73.0 Å². The van der Waals surface area contributed by atoms with Crippen LogP contribution in [0.2, 0.25) is 0 Å². The normalized spacial score (nSPS) is 11.3. The summed E-state index contributed by atoms with van der Waals surface area (Å²) in [6.45, 7) is 6.76. The second-order valence-corrected chi connectivity index (χ2v) is 16.4. The Bertz CT molecular complexity index is 899. The molecule has 0 aliphatic rings. The van der Waals surface area contributed by atoms with Crippen LogP contribution in [0.3, 0.4) is 0 Å². The van der Waals surface area contributed by atoms with Crippen LogP contribution in [0.15, 0.2) is 48.5 Å². The Balaban J connectivity index is 1.33. The molecule has 0 heterocycles. The van der Waals surface area contributed by atoms with E-state index in [0.29, 0.717) is 0 Å². The largest absolute Gasteiger partial charge is 0.385 e. The van der Waals surface area contributed by atoms with Gasteiger partial charge in [0.25, 0.3) is 0 Å². The second-order valence-electron chi connectivity index (χ2n) is 16.4. The third-order valence-corrected chi connectivity index (χ3v) is 11.3. The maximum atomic E-state index is 3.64. The van der Waals surface area contributed by atoms with Crippen LogP contribution < -0.4 is 10.6 Å². The monoisotopic (exact) mass is 717 g/mol. The molecule has 2 nitrogen and oxygen atoms in total. The molecule has 0 saturated heterocycles. The molecule has 0 spiro atoms. The highest BCUT2D eigenvalue weighted by Gasteiger charge is 2.00. The van der Waals surface area contributed by atoms with Crippen molar-refractivity contribution in [3.63, 3.8) is 0 Å². The van der Waals surface area contributed by atoms with Gasteiger partial charge in [0.2, 0.25) is 0 Å². The summed E-state index contributed by atoms with van der Waals surface area (Å²) in [5.74, 6) is 0. The number of anilines is 2. The van der Waals surface area contributed by atoms with E-state index in [1.165, 1.54) is 241 Å². The molecule has 0 fully saturated rings. The fourth-order valence-corrected chi connectivity index (χ4v) is 7.69. The van der Waals surface area contributed by atoms with Gasteiger partial charge in [-0.1, -0.05) is 218 Å². The number of aryl methyl sites for hydroxylation is 2. The summed E-state index contributed by atoms with van der Waals surface area (Å²) < 4.78 is 0. The van der Waals surface area contributed by atoms with Gasteiger partial charge < -0.3 is 10.6 Å². The molecule has 0 aliphatic heterocycles. The lowest BCUT2D eigenvalue weighted by Gasteiger charge is -2.09. The fourth-order valence-electron chi connectivity index (χ4n) is 7.69. The van der Waals surface area contributed by atoms with E-state index in [1.807, 2.05) is 0 Å². The lowest BCUT2D eigenvalue weighted by Crippen LogP contribution is -2.03. The Kier molecular flexibility index (Phi) is 32.0. The SMILES string of the molecule is CCCCCCCCCCCCCCCCc1ccc(NCCCCCCNc2ccc(CCCCCCCCCCCCCCCC)cc2)cc1. The summed E-state index contributed by atoms with van der Waals surface area (Å²) in [5.41, 5.74) is 5.55. The van der Waals surface area contributed by atoms with Gasteiger partial charge >= 0.3 is 0 Å². The molecule has 0 saturated carbocycles. The van der Waals surface area contributed by atoms with Crippen molar-refractivity contribution in [2.75, 3.05) is 23.7 Å². The molecule has 298 valence electrons. The zero-order valence-corrected chi connectivity index (χ0v) is 35.1. The van der Waals surface area contributed by atoms with Crippen molar-refractivity contribution in [3.8, 4) is 0 Å². The molecule has 0 radical (unpaired) electrons. The van der Waals surface area contributed by atoms with Crippen molar-refractivity contribution < 1.29 is 0 Å². The summed E-state index contributed by atoms with van der Waals surface area (Å²) in [5, 5.41) is 7.28. The third-order valence-electron chi connectivity index (χ3n) is 11.3. The molecule has 0 atom stereocenters. The number of hydrogen-bond acceptors (Lipinski definition) is 2. The van der Waals surface area contributed by atoms with Crippen molar-refractivity contribution in [3.05, 3.63) is 59.7 Å². The maximum absolute atomic E-state index is 3.64. The minimum Gasteiger partial charge on any atom is -0.385 e. The van der Waals surface area contributed by atoms with Crippen LogP contribution in [0.4, 0.5) is 11.4 Å². The Hall–Kier alpha value is -1.96. The quantitative estimate of drug-likeness (QED) is 0.0673. The van der Waals surface area contributed by atoms with Gasteiger partial charge in [-0.3, -0.25) is 0 Å².